The van der Waals surface area contributed by atoms with Crippen LogP contribution < -0.4 is 0 Å². The second-order valence-electron chi connectivity index (χ2n) is 8.42. The first-order valence-electron chi connectivity index (χ1n) is 9.43. The summed E-state index contributed by atoms with van der Waals surface area (Å²) in [5, 5.41) is 10.3. The molecule has 150 valence electrons. The predicted molar refractivity (Wildman–Crippen MR) is 97.5 cm³/mol. The number of nitrogens with zero attached hydrogens (tertiary/aromatic N) is 2. The molecule has 0 spiro atoms. The number of benzene rings is 1. The van der Waals surface area contributed by atoms with Crippen molar-refractivity contribution in [3.63, 3.8) is 0 Å². The molecule has 0 radical (unpaired) electrons. The lowest BCUT2D eigenvalue weighted by Crippen LogP contribution is -2.65. The maximum absolute atomic E-state index is 13.4. The number of hydrogen-bond acceptors (Lipinski definition) is 4. The van der Waals surface area contributed by atoms with Crippen LogP contribution in [-0.2, 0) is 11.3 Å². The fraction of sp³-hybridized carbons (Fsp3) is 0.650. The Labute approximate surface area is 158 Å². The van der Waals surface area contributed by atoms with Crippen LogP contribution in [0.2, 0.25) is 0 Å². The number of aliphatic hydroxyl groups is 1. The molecule has 2 bridgehead atoms. The van der Waals surface area contributed by atoms with E-state index in [4.69, 9.17) is 4.74 Å². The summed E-state index contributed by atoms with van der Waals surface area (Å²) < 4.78 is 32.4. The number of ether oxygens (including phenoxy) is 1. The molecule has 3 rings (SSSR count). The number of amides is 1. The second kappa shape index (κ2) is 7.72. The lowest BCUT2D eigenvalue weighted by atomic mass is 9.96. The van der Waals surface area contributed by atoms with Gasteiger partial charge in [-0.25, -0.2) is 13.6 Å². The van der Waals surface area contributed by atoms with E-state index in [1.165, 1.54) is 0 Å². The Balaban J connectivity index is 1.85. The fourth-order valence-electron chi connectivity index (χ4n) is 4.24. The molecule has 1 N–H and O–H groups in total. The molecule has 5 nitrogen and oxygen atoms in total. The van der Waals surface area contributed by atoms with Crippen LogP contribution in [0.4, 0.5) is 13.6 Å². The van der Waals surface area contributed by atoms with Gasteiger partial charge in [0.1, 0.15) is 11.7 Å². The molecule has 2 aliphatic rings. The van der Waals surface area contributed by atoms with Crippen LogP contribution >= 0.6 is 0 Å². The fourth-order valence-corrected chi connectivity index (χ4v) is 4.24. The molecule has 1 unspecified atom stereocenters. The minimum atomic E-state index is -2.87. The van der Waals surface area contributed by atoms with Crippen LogP contribution in [0.15, 0.2) is 30.3 Å². The summed E-state index contributed by atoms with van der Waals surface area (Å²) in [5.41, 5.74) is 0.336. The topological polar surface area (TPSA) is 53.0 Å². The Bertz CT molecular complexity index is 650. The van der Waals surface area contributed by atoms with Crippen molar-refractivity contribution in [2.75, 3.05) is 6.54 Å². The Morgan fingerprint density at radius 3 is 2.52 bits per heavy atom. The van der Waals surface area contributed by atoms with Gasteiger partial charge in [0.05, 0.1) is 12.1 Å². The van der Waals surface area contributed by atoms with Crippen LogP contribution in [0.25, 0.3) is 0 Å². The summed E-state index contributed by atoms with van der Waals surface area (Å²) in [6.07, 6.45) is -3.86. The molecule has 2 aliphatic heterocycles. The third-order valence-corrected chi connectivity index (χ3v) is 5.25. The highest BCUT2D eigenvalue weighted by Gasteiger charge is 2.53. The standard InChI is InChI=1S/C20H28F2N2O3/c1-20(2,3)27-19(26)24-14-9-10-15(24)16(17(25)18(21)22)23(12-14)11-13-7-5-4-6-8-13/h4-8,14-18,25H,9-12H2,1-3H3/t14-,15+,16+,17?/m1/s1. The van der Waals surface area contributed by atoms with Crippen LogP contribution in [0.3, 0.4) is 0 Å². The van der Waals surface area contributed by atoms with Gasteiger partial charge >= 0.3 is 6.09 Å². The average Bonchev–Trinajstić information content (AvgIpc) is 2.89. The summed E-state index contributed by atoms with van der Waals surface area (Å²) in [6.45, 7) is 6.25. The molecule has 1 amide bonds. The average molecular weight is 382 g/mol. The molecular weight excluding hydrogens is 354 g/mol. The third-order valence-electron chi connectivity index (χ3n) is 5.25. The van der Waals surface area contributed by atoms with Gasteiger partial charge in [-0.15, -0.1) is 0 Å². The van der Waals surface area contributed by atoms with E-state index in [2.05, 4.69) is 0 Å². The lowest BCUT2D eigenvalue weighted by molar-refractivity contribution is -0.103. The maximum atomic E-state index is 13.4. The number of alkyl halides is 2. The first-order chi connectivity index (χ1) is 12.7. The largest absolute Gasteiger partial charge is 0.444 e. The van der Waals surface area contributed by atoms with E-state index >= 15 is 0 Å². The van der Waals surface area contributed by atoms with E-state index in [1.54, 1.807) is 25.7 Å². The van der Waals surface area contributed by atoms with Crippen molar-refractivity contribution >= 4 is 6.09 Å². The molecule has 2 fully saturated rings. The van der Waals surface area contributed by atoms with Gasteiger partial charge < -0.3 is 9.84 Å². The van der Waals surface area contributed by atoms with Gasteiger partial charge in [0.25, 0.3) is 6.43 Å². The van der Waals surface area contributed by atoms with Gasteiger partial charge in [-0.05, 0) is 39.2 Å². The Morgan fingerprint density at radius 2 is 1.93 bits per heavy atom. The van der Waals surface area contributed by atoms with Crippen LogP contribution in [0.5, 0.6) is 0 Å². The number of halogens is 2. The highest BCUT2D eigenvalue weighted by Crippen LogP contribution is 2.38. The number of fused-ring (bicyclic) bond motifs is 2. The van der Waals surface area contributed by atoms with E-state index in [0.29, 0.717) is 19.5 Å². The summed E-state index contributed by atoms with van der Waals surface area (Å²) >= 11 is 0. The van der Waals surface area contributed by atoms with Crippen molar-refractivity contribution in [2.45, 2.75) is 76.4 Å². The number of likely N-dealkylation sites (tertiary alicyclic amines) is 1. The summed E-state index contributed by atoms with van der Waals surface area (Å²) in [5.74, 6) is 0. The second-order valence-corrected chi connectivity index (χ2v) is 8.42. The van der Waals surface area contributed by atoms with Gasteiger partial charge in [0.15, 0.2) is 0 Å². The molecule has 0 aliphatic carbocycles. The van der Waals surface area contributed by atoms with E-state index in [0.717, 1.165) is 12.0 Å². The number of rotatable bonds is 4. The van der Waals surface area contributed by atoms with Gasteiger partial charge in [-0.1, -0.05) is 30.3 Å². The zero-order chi connectivity index (χ0) is 19.8. The van der Waals surface area contributed by atoms with Crippen molar-refractivity contribution < 1.29 is 23.4 Å². The highest BCUT2D eigenvalue weighted by molar-refractivity contribution is 5.70. The summed E-state index contributed by atoms with van der Waals surface area (Å²) in [7, 11) is 0. The Kier molecular flexibility index (Phi) is 5.72. The lowest BCUT2D eigenvalue weighted by Gasteiger charge is -2.48. The Morgan fingerprint density at radius 1 is 1.26 bits per heavy atom. The van der Waals surface area contributed by atoms with Crippen LogP contribution in [0, 0.1) is 0 Å². The molecule has 1 aromatic carbocycles. The first-order valence-corrected chi connectivity index (χ1v) is 9.43. The van der Waals surface area contributed by atoms with E-state index < -0.39 is 36.3 Å². The first kappa shape index (κ1) is 20.0. The number of aliphatic hydroxyl groups excluding tert-OH is 1. The number of piperazine rings is 1. The highest BCUT2D eigenvalue weighted by atomic mass is 19.3. The number of carbonyl (C=O) groups is 1. The summed E-state index contributed by atoms with van der Waals surface area (Å²) in [4.78, 5) is 16.2. The predicted octanol–water partition coefficient (Wildman–Crippen LogP) is 3.26. The van der Waals surface area contributed by atoms with Gasteiger partial charge in [-0.2, -0.15) is 0 Å². The zero-order valence-corrected chi connectivity index (χ0v) is 16.0. The van der Waals surface area contributed by atoms with Gasteiger partial charge in [0, 0.05) is 19.1 Å². The molecule has 27 heavy (non-hydrogen) atoms. The van der Waals surface area contributed by atoms with E-state index in [9.17, 15) is 18.7 Å². The molecule has 0 aromatic heterocycles. The smallest absolute Gasteiger partial charge is 0.410 e. The van der Waals surface area contributed by atoms with Crippen molar-refractivity contribution in [1.29, 1.82) is 0 Å². The van der Waals surface area contributed by atoms with Gasteiger partial charge in [0.2, 0.25) is 0 Å². The molecule has 1 aromatic rings. The molecule has 4 atom stereocenters. The number of carbonyl (C=O) groups excluding carboxylic acids is 1. The van der Waals surface area contributed by atoms with E-state index in [1.807, 2.05) is 35.2 Å². The van der Waals surface area contributed by atoms with Crippen molar-refractivity contribution in [2.24, 2.45) is 0 Å². The van der Waals surface area contributed by atoms with Crippen LogP contribution in [0.1, 0.15) is 39.2 Å². The monoisotopic (exact) mass is 382 g/mol. The Hall–Kier alpha value is -1.73. The van der Waals surface area contributed by atoms with Gasteiger partial charge in [-0.3, -0.25) is 9.80 Å². The molecule has 7 heteroatoms. The van der Waals surface area contributed by atoms with Crippen LogP contribution in [-0.4, -0.2) is 63.8 Å². The minimum Gasteiger partial charge on any atom is -0.444 e. The molecule has 2 heterocycles. The molecule has 2 saturated heterocycles. The summed E-state index contributed by atoms with van der Waals surface area (Å²) in [6, 6.07) is 8.19. The normalized spacial score (nSPS) is 27.1. The van der Waals surface area contributed by atoms with Crippen molar-refractivity contribution in [3.8, 4) is 0 Å². The minimum absolute atomic E-state index is 0.0883. The zero-order valence-electron chi connectivity index (χ0n) is 16.0. The molecular formula is C20H28F2N2O3. The SMILES string of the molecule is CC(C)(C)OC(=O)N1[C@@H]2CC[C@H]1[C@@H](C(O)C(F)F)N(Cc1ccccc1)C2. The maximum Gasteiger partial charge on any atom is 0.410 e. The van der Waals surface area contributed by atoms with Crippen molar-refractivity contribution in [1.82, 2.24) is 9.80 Å². The third kappa shape index (κ3) is 4.41. The van der Waals surface area contributed by atoms with E-state index in [-0.39, 0.29) is 6.04 Å². The number of hydrogen-bond donors (Lipinski definition) is 1. The molecule has 0 saturated carbocycles. The van der Waals surface area contributed by atoms with Crippen molar-refractivity contribution in [3.05, 3.63) is 35.9 Å². The quantitative estimate of drug-likeness (QED) is 0.869.